The third kappa shape index (κ3) is 4.62. The van der Waals surface area contributed by atoms with Crippen LogP contribution in [0.25, 0.3) is 0 Å². The van der Waals surface area contributed by atoms with E-state index in [1.54, 1.807) is 0 Å². The average molecular weight is 448 g/mol. The van der Waals surface area contributed by atoms with E-state index >= 15 is 0 Å². The molecule has 0 bridgehead atoms. The van der Waals surface area contributed by atoms with Crippen molar-refractivity contribution in [3.63, 3.8) is 0 Å². The highest BCUT2D eigenvalue weighted by Gasteiger charge is 2.33. The Hall–Kier alpha value is -2.39. The standard InChI is InChI=1S/C26H26BrNO/c27-23-18-10-9-17-22(23)25(21-15-5-2-6-16-21)28-26(29)24(20-13-7-8-14-20)19-11-3-1-4-12-19/h1-6,9-12,15-18,20,24-25H,7-8,13-14H2,(H,28,29)/t24-,25+/m0/s1. The van der Waals surface area contributed by atoms with Gasteiger partial charge in [-0.3, -0.25) is 4.79 Å². The summed E-state index contributed by atoms with van der Waals surface area (Å²) in [5, 5.41) is 3.40. The summed E-state index contributed by atoms with van der Waals surface area (Å²) in [7, 11) is 0. The van der Waals surface area contributed by atoms with Crippen LogP contribution in [0.1, 0.15) is 54.3 Å². The van der Waals surface area contributed by atoms with Crippen molar-refractivity contribution in [2.45, 2.75) is 37.6 Å². The molecule has 0 unspecified atom stereocenters. The lowest BCUT2D eigenvalue weighted by Gasteiger charge is -2.27. The van der Waals surface area contributed by atoms with Crippen molar-refractivity contribution in [1.82, 2.24) is 5.32 Å². The van der Waals surface area contributed by atoms with Crippen LogP contribution in [0.3, 0.4) is 0 Å². The summed E-state index contributed by atoms with van der Waals surface area (Å²) in [6.07, 6.45) is 4.68. The number of carbonyl (C=O) groups excluding carboxylic acids is 1. The summed E-state index contributed by atoms with van der Waals surface area (Å²) >= 11 is 3.68. The molecule has 1 aliphatic rings. The second-order valence-electron chi connectivity index (χ2n) is 7.81. The van der Waals surface area contributed by atoms with E-state index in [2.05, 4.69) is 51.6 Å². The van der Waals surface area contributed by atoms with Crippen molar-refractivity contribution >= 4 is 21.8 Å². The minimum atomic E-state index is -0.188. The molecule has 1 amide bonds. The van der Waals surface area contributed by atoms with Crippen LogP contribution >= 0.6 is 15.9 Å². The Balaban J connectivity index is 1.68. The van der Waals surface area contributed by atoms with E-state index in [1.165, 1.54) is 12.8 Å². The number of halogens is 1. The maximum atomic E-state index is 13.7. The van der Waals surface area contributed by atoms with Gasteiger partial charge in [-0.25, -0.2) is 0 Å². The van der Waals surface area contributed by atoms with Gasteiger partial charge in [0.05, 0.1) is 12.0 Å². The molecule has 0 saturated heterocycles. The molecule has 29 heavy (non-hydrogen) atoms. The zero-order valence-electron chi connectivity index (χ0n) is 16.4. The maximum absolute atomic E-state index is 13.7. The van der Waals surface area contributed by atoms with Gasteiger partial charge in [-0.15, -0.1) is 0 Å². The van der Waals surface area contributed by atoms with Gasteiger partial charge < -0.3 is 5.32 Å². The number of benzene rings is 3. The third-order valence-corrected chi connectivity index (χ3v) is 6.67. The maximum Gasteiger partial charge on any atom is 0.228 e. The van der Waals surface area contributed by atoms with Gasteiger partial charge in [0.25, 0.3) is 0 Å². The van der Waals surface area contributed by atoms with Crippen molar-refractivity contribution in [3.05, 3.63) is 106 Å². The van der Waals surface area contributed by atoms with Gasteiger partial charge in [0, 0.05) is 4.47 Å². The predicted octanol–water partition coefficient (Wildman–Crippen LogP) is 6.63. The van der Waals surface area contributed by atoms with Gasteiger partial charge in [0.1, 0.15) is 0 Å². The van der Waals surface area contributed by atoms with E-state index in [4.69, 9.17) is 0 Å². The second-order valence-corrected chi connectivity index (χ2v) is 8.66. The summed E-state index contributed by atoms with van der Waals surface area (Å²) in [6, 6.07) is 28.4. The molecule has 3 heteroatoms. The van der Waals surface area contributed by atoms with Crippen molar-refractivity contribution in [1.29, 1.82) is 0 Å². The van der Waals surface area contributed by atoms with Gasteiger partial charge in [0.2, 0.25) is 5.91 Å². The number of amides is 1. The van der Waals surface area contributed by atoms with Gasteiger partial charge >= 0.3 is 0 Å². The predicted molar refractivity (Wildman–Crippen MR) is 122 cm³/mol. The van der Waals surface area contributed by atoms with Crippen LogP contribution in [-0.4, -0.2) is 5.91 Å². The lowest BCUT2D eigenvalue weighted by Crippen LogP contribution is -2.36. The van der Waals surface area contributed by atoms with Gasteiger partial charge in [-0.2, -0.15) is 0 Å². The topological polar surface area (TPSA) is 29.1 Å². The Morgan fingerprint density at radius 2 is 1.34 bits per heavy atom. The average Bonchev–Trinajstić information content (AvgIpc) is 3.28. The fraction of sp³-hybridized carbons (Fsp3) is 0.269. The Morgan fingerprint density at radius 3 is 1.97 bits per heavy atom. The van der Waals surface area contributed by atoms with Gasteiger partial charge in [-0.05, 0) is 41.5 Å². The molecule has 1 fully saturated rings. The fourth-order valence-electron chi connectivity index (χ4n) is 4.52. The highest BCUT2D eigenvalue weighted by Crippen LogP contribution is 2.38. The number of rotatable bonds is 6. The highest BCUT2D eigenvalue weighted by molar-refractivity contribution is 9.10. The Morgan fingerprint density at radius 1 is 0.793 bits per heavy atom. The van der Waals surface area contributed by atoms with Crippen LogP contribution in [-0.2, 0) is 4.79 Å². The molecule has 0 radical (unpaired) electrons. The van der Waals surface area contributed by atoms with Gasteiger partial charge in [-0.1, -0.05) is 108 Å². The largest absolute Gasteiger partial charge is 0.345 e. The molecule has 0 heterocycles. The van der Waals surface area contributed by atoms with Gasteiger partial charge in [0.15, 0.2) is 0 Å². The number of nitrogens with one attached hydrogen (secondary N) is 1. The molecule has 148 valence electrons. The summed E-state index contributed by atoms with van der Waals surface area (Å²) in [4.78, 5) is 13.7. The molecular weight excluding hydrogens is 422 g/mol. The first-order valence-corrected chi connectivity index (χ1v) is 11.2. The molecule has 3 aromatic rings. The highest BCUT2D eigenvalue weighted by atomic mass is 79.9. The summed E-state index contributed by atoms with van der Waals surface area (Å²) < 4.78 is 1.01. The molecule has 1 N–H and O–H groups in total. The molecule has 0 aliphatic heterocycles. The molecular formula is C26H26BrNO. The molecule has 2 nitrogen and oxygen atoms in total. The van der Waals surface area contributed by atoms with Crippen molar-refractivity contribution < 1.29 is 4.79 Å². The van der Waals surface area contributed by atoms with E-state index in [0.29, 0.717) is 5.92 Å². The number of hydrogen-bond acceptors (Lipinski definition) is 1. The molecule has 0 spiro atoms. The summed E-state index contributed by atoms with van der Waals surface area (Å²) in [5.41, 5.74) is 3.28. The molecule has 1 saturated carbocycles. The van der Waals surface area contributed by atoms with Crippen LogP contribution in [0.2, 0.25) is 0 Å². The smallest absolute Gasteiger partial charge is 0.228 e. The first kappa shape index (κ1) is 19.9. The van der Waals surface area contributed by atoms with Crippen LogP contribution in [0.4, 0.5) is 0 Å². The minimum absolute atomic E-state index is 0.104. The molecule has 4 rings (SSSR count). The van der Waals surface area contributed by atoms with Crippen molar-refractivity contribution in [2.24, 2.45) is 5.92 Å². The molecule has 1 aliphatic carbocycles. The monoisotopic (exact) mass is 447 g/mol. The first-order valence-electron chi connectivity index (χ1n) is 10.4. The van der Waals surface area contributed by atoms with Crippen LogP contribution < -0.4 is 5.32 Å². The third-order valence-electron chi connectivity index (χ3n) is 5.95. The molecule has 2 atom stereocenters. The fourth-order valence-corrected chi connectivity index (χ4v) is 5.03. The van der Waals surface area contributed by atoms with E-state index in [0.717, 1.165) is 34.0 Å². The SMILES string of the molecule is O=C(N[C@H](c1ccccc1)c1ccccc1Br)[C@@H](c1ccccc1)C1CCCC1. The normalized spacial score (nSPS) is 16.3. The quantitative estimate of drug-likeness (QED) is 0.451. The number of hydrogen-bond donors (Lipinski definition) is 1. The van der Waals surface area contributed by atoms with Crippen LogP contribution in [0.15, 0.2) is 89.4 Å². The molecule has 0 aromatic heterocycles. The minimum Gasteiger partial charge on any atom is -0.345 e. The van der Waals surface area contributed by atoms with Crippen LogP contribution in [0.5, 0.6) is 0 Å². The second kappa shape index (κ2) is 9.41. The van der Waals surface area contributed by atoms with Crippen molar-refractivity contribution in [2.75, 3.05) is 0 Å². The van der Waals surface area contributed by atoms with E-state index in [9.17, 15) is 4.79 Å². The van der Waals surface area contributed by atoms with E-state index in [-0.39, 0.29) is 17.9 Å². The van der Waals surface area contributed by atoms with Crippen LogP contribution in [0, 0.1) is 5.92 Å². The lowest BCUT2D eigenvalue weighted by atomic mass is 9.83. The molecule has 3 aromatic carbocycles. The lowest BCUT2D eigenvalue weighted by molar-refractivity contribution is -0.124. The number of carbonyl (C=O) groups is 1. The first-order chi connectivity index (χ1) is 14.2. The summed E-state index contributed by atoms with van der Waals surface area (Å²) in [6.45, 7) is 0. The van der Waals surface area contributed by atoms with Crippen molar-refractivity contribution in [3.8, 4) is 0 Å². The zero-order chi connectivity index (χ0) is 20.1. The Bertz CT molecular complexity index is 935. The Labute approximate surface area is 181 Å². The van der Waals surface area contributed by atoms with E-state index in [1.807, 2.05) is 54.6 Å². The summed E-state index contributed by atoms with van der Waals surface area (Å²) in [5.74, 6) is 0.424. The van der Waals surface area contributed by atoms with E-state index < -0.39 is 0 Å². The Kier molecular flexibility index (Phi) is 6.46. The zero-order valence-corrected chi connectivity index (χ0v) is 18.0.